The summed E-state index contributed by atoms with van der Waals surface area (Å²) in [5.41, 5.74) is 0.810. The molecule has 0 bridgehead atoms. The van der Waals surface area contributed by atoms with Crippen LogP contribution in [0.2, 0.25) is 0 Å². The van der Waals surface area contributed by atoms with E-state index < -0.39 is 16.4 Å². The first-order valence-corrected chi connectivity index (χ1v) is 14.8. The Morgan fingerprint density at radius 1 is 0.974 bits per heavy atom. The van der Waals surface area contributed by atoms with Crippen molar-refractivity contribution in [2.75, 3.05) is 6.54 Å². The van der Waals surface area contributed by atoms with E-state index in [0.29, 0.717) is 35.0 Å². The molecule has 4 saturated carbocycles. The van der Waals surface area contributed by atoms with Crippen LogP contribution in [0.3, 0.4) is 0 Å². The summed E-state index contributed by atoms with van der Waals surface area (Å²) >= 11 is 0. The first-order chi connectivity index (χ1) is 16.6. The van der Waals surface area contributed by atoms with Crippen molar-refractivity contribution in [3.63, 3.8) is 0 Å². The average Bonchev–Trinajstić information content (AvgIpc) is 3.12. The molecule has 0 spiro atoms. The van der Waals surface area contributed by atoms with E-state index in [0.717, 1.165) is 37.0 Å². The molecule has 4 fully saturated rings. The van der Waals surface area contributed by atoms with Crippen molar-refractivity contribution in [3.8, 4) is 0 Å². The number of hydrogen-bond donors (Lipinski definition) is 3. The predicted octanol–water partition coefficient (Wildman–Crippen LogP) is -2.71. The third kappa shape index (κ3) is 8.88. The van der Waals surface area contributed by atoms with E-state index in [1.165, 1.54) is 44.9 Å². The number of carboxylic acids is 1. The fourth-order valence-electron chi connectivity index (χ4n) is 9.03. The Morgan fingerprint density at radius 2 is 1.55 bits per heavy atom. The minimum absolute atomic E-state index is 0. The van der Waals surface area contributed by atoms with Crippen LogP contribution in [0.4, 0.5) is 0 Å². The number of hydrogen-bond acceptors (Lipinski definition) is 7. The van der Waals surface area contributed by atoms with Crippen molar-refractivity contribution in [1.82, 2.24) is 5.32 Å². The number of nitrogens with one attached hydrogen (secondary N) is 1. The topological polar surface area (TPSA) is 167 Å². The molecule has 4 unspecified atom stereocenters. The van der Waals surface area contributed by atoms with E-state index in [1.807, 2.05) is 0 Å². The number of aliphatic carboxylic acids is 1. The Kier molecular flexibility index (Phi) is 14.3. The van der Waals surface area contributed by atoms with Gasteiger partial charge in [0.05, 0.1) is 6.10 Å². The van der Waals surface area contributed by atoms with Gasteiger partial charge in [0.15, 0.2) is 0 Å². The van der Waals surface area contributed by atoms with Crippen LogP contribution >= 0.6 is 0 Å². The third-order valence-electron chi connectivity index (χ3n) is 10.7. The van der Waals surface area contributed by atoms with Gasteiger partial charge in [0.25, 0.3) is 0 Å². The smallest absolute Gasteiger partial charge is 0.759 e. The number of carbonyl (C=O) groups excluding carboxylic acids is 1. The molecule has 1 amide bonds. The second-order valence-electron chi connectivity index (χ2n) is 12.4. The standard InChI is InChI=1S/C26H43NO4.2Na.H2O4S/c1-16(4-9-23(29)27-15-24(30)31)20-7-8-21-19-6-5-17-14-18(28)10-12-25(17,2)22(19)11-13-26(20,21)3;;;1-5(2,3)4/h16-22,28H,4-15H2,1-3H3,(H,27,29)(H,30,31);;;(H2,1,2,3,4)/q;2*+1;/p-2/t16-,17?,18-,19?,20-,21?,22?,25+,26-;;;/m1.../s1. The third-order valence-corrected chi connectivity index (χ3v) is 10.7. The zero-order valence-electron chi connectivity index (χ0n) is 23.8. The van der Waals surface area contributed by atoms with Crippen LogP contribution in [-0.4, -0.2) is 52.3 Å². The van der Waals surface area contributed by atoms with Gasteiger partial charge in [-0.15, -0.1) is 0 Å². The van der Waals surface area contributed by atoms with Crippen molar-refractivity contribution in [3.05, 3.63) is 0 Å². The first kappa shape index (κ1) is 36.8. The number of carbonyl (C=O) groups is 2. The molecule has 0 saturated heterocycles. The molecule has 3 N–H and O–H groups in total. The monoisotopic (exact) mass is 575 g/mol. The minimum atomic E-state index is -5.17. The molecule has 9 nitrogen and oxygen atoms in total. The van der Waals surface area contributed by atoms with Crippen LogP contribution in [0.25, 0.3) is 0 Å². The Bertz CT molecular complexity index is 913. The molecule has 4 rings (SSSR count). The average molecular weight is 576 g/mol. The van der Waals surface area contributed by atoms with Crippen molar-refractivity contribution >= 4 is 22.3 Å². The van der Waals surface area contributed by atoms with E-state index in [9.17, 15) is 14.7 Å². The molecular formula is C26H43NNa2O8S. The second-order valence-corrected chi connectivity index (χ2v) is 13.2. The van der Waals surface area contributed by atoms with Crippen LogP contribution in [0.1, 0.15) is 91.4 Å². The van der Waals surface area contributed by atoms with Gasteiger partial charge in [0.1, 0.15) is 6.54 Å². The quantitative estimate of drug-likeness (QED) is 0.175. The van der Waals surface area contributed by atoms with E-state index >= 15 is 0 Å². The Labute approximate surface area is 272 Å². The molecule has 12 heteroatoms. The molecule has 4 aliphatic rings. The fraction of sp³-hybridized carbons (Fsp3) is 0.923. The summed E-state index contributed by atoms with van der Waals surface area (Å²) in [7, 11) is -5.17. The molecular weight excluding hydrogens is 532 g/mol. The molecule has 0 radical (unpaired) electrons. The number of carboxylic acid groups (broad SMARTS) is 1. The van der Waals surface area contributed by atoms with Gasteiger partial charge in [-0.1, -0.05) is 20.8 Å². The van der Waals surface area contributed by atoms with E-state index in [4.69, 9.17) is 22.6 Å². The maximum absolute atomic E-state index is 12.0. The van der Waals surface area contributed by atoms with Crippen molar-refractivity contribution in [2.24, 2.45) is 46.3 Å². The molecule has 0 aromatic rings. The first-order valence-electron chi connectivity index (χ1n) is 13.5. The van der Waals surface area contributed by atoms with Gasteiger partial charge in [-0.05, 0) is 111 Å². The molecule has 38 heavy (non-hydrogen) atoms. The number of fused-ring (bicyclic) bond motifs is 5. The SMILES string of the molecule is C[C@H](CCC(=O)NCC(=O)O)[C@H]1CCC2C3CCC4C[C@H](O)CC[C@]4(C)C3CC[C@@]21C.O=S(=O)([O-])[O-].[Na+].[Na+]. The maximum Gasteiger partial charge on any atom is 1.00 e. The van der Waals surface area contributed by atoms with E-state index in [2.05, 4.69) is 26.1 Å². The number of rotatable bonds is 6. The molecule has 0 aromatic heterocycles. The Balaban J connectivity index is 0.000000946. The Morgan fingerprint density at radius 3 is 2.16 bits per heavy atom. The van der Waals surface area contributed by atoms with Gasteiger partial charge in [-0.2, -0.15) is 0 Å². The predicted molar refractivity (Wildman–Crippen MR) is 131 cm³/mol. The van der Waals surface area contributed by atoms with Gasteiger partial charge in [0, 0.05) is 16.8 Å². The van der Waals surface area contributed by atoms with Gasteiger partial charge in [0.2, 0.25) is 5.91 Å². The van der Waals surface area contributed by atoms with Crippen LogP contribution in [0.15, 0.2) is 0 Å². The second kappa shape index (κ2) is 14.8. The molecule has 0 aliphatic heterocycles. The van der Waals surface area contributed by atoms with Gasteiger partial charge >= 0.3 is 65.1 Å². The molecule has 0 heterocycles. The summed E-state index contributed by atoms with van der Waals surface area (Å²) < 4.78 is 34.1. The zero-order valence-corrected chi connectivity index (χ0v) is 28.6. The summed E-state index contributed by atoms with van der Waals surface area (Å²) in [6.45, 7) is 7.13. The summed E-state index contributed by atoms with van der Waals surface area (Å²) in [6.07, 6.45) is 12.3. The van der Waals surface area contributed by atoms with Crippen LogP contribution in [0.5, 0.6) is 0 Å². The molecule has 4 aliphatic carbocycles. The van der Waals surface area contributed by atoms with Crippen molar-refractivity contribution in [1.29, 1.82) is 0 Å². The molecule has 9 atom stereocenters. The summed E-state index contributed by atoms with van der Waals surface area (Å²) in [5.74, 6) is 3.23. The molecule has 0 aromatic carbocycles. The Hall–Kier alpha value is 0.770. The molecule has 208 valence electrons. The fourth-order valence-corrected chi connectivity index (χ4v) is 9.03. The number of aliphatic hydroxyl groups is 1. The van der Waals surface area contributed by atoms with Gasteiger partial charge < -0.3 is 24.6 Å². The summed E-state index contributed by atoms with van der Waals surface area (Å²) in [6, 6.07) is 0. The summed E-state index contributed by atoms with van der Waals surface area (Å²) in [4.78, 5) is 22.7. The maximum atomic E-state index is 12.0. The van der Waals surface area contributed by atoms with Crippen LogP contribution < -0.4 is 64.4 Å². The minimum Gasteiger partial charge on any atom is -0.759 e. The van der Waals surface area contributed by atoms with Gasteiger partial charge in [-0.25, -0.2) is 0 Å². The van der Waals surface area contributed by atoms with E-state index in [1.54, 1.807) is 0 Å². The largest absolute Gasteiger partial charge is 1.00 e. The van der Waals surface area contributed by atoms with Crippen molar-refractivity contribution < 1.29 is 96.4 Å². The normalized spacial score (nSPS) is 38.4. The van der Waals surface area contributed by atoms with Crippen LogP contribution in [-0.2, 0) is 20.0 Å². The van der Waals surface area contributed by atoms with Gasteiger partial charge in [-0.3, -0.25) is 18.0 Å². The van der Waals surface area contributed by atoms with Crippen LogP contribution in [0, 0.1) is 46.3 Å². The number of aliphatic hydroxyl groups excluding tert-OH is 1. The summed E-state index contributed by atoms with van der Waals surface area (Å²) in [5, 5.41) is 21.5. The van der Waals surface area contributed by atoms with E-state index in [-0.39, 0.29) is 77.7 Å². The van der Waals surface area contributed by atoms with Crippen molar-refractivity contribution in [2.45, 2.75) is 97.5 Å². The number of amides is 1. The zero-order chi connectivity index (χ0) is 26.9.